The summed E-state index contributed by atoms with van der Waals surface area (Å²) in [6.45, 7) is 6.28. The van der Waals surface area contributed by atoms with Gasteiger partial charge in [-0.1, -0.05) is 31.2 Å². The van der Waals surface area contributed by atoms with E-state index in [1.54, 1.807) is 18.2 Å². The summed E-state index contributed by atoms with van der Waals surface area (Å²) in [7, 11) is 0. The lowest BCUT2D eigenvalue weighted by Gasteiger charge is -2.17. The number of Topliss-reactive ketones (excluding diaryl/α,β-unsaturated/α-hetero) is 1. The van der Waals surface area contributed by atoms with Crippen molar-refractivity contribution in [3.05, 3.63) is 42.0 Å². The molecule has 1 heterocycles. The normalized spacial score (nSPS) is 14.2. The van der Waals surface area contributed by atoms with Crippen molar-refractivity contribution in [3.8, 4) is 0 Å². The first kappa shape index (κ1) is 10.6. The Labute approximate surface area is 94.4 Å². The highest BCUT2D eigenvalue weighted by molar-refractivity contribution is 6.52. The second-order valence-electron chi connectivity index (χ2n) is 3.84. The first-order valence-electron chi connectivity index (χ1n) is 5.27. The number of hydrogen-bond acceptors (Lipinski definition) is 2. The van der Waals surface area contributed by atoms with Crippen LogP contribution in [0.3, 0.4) is 0 Å². The van der Waals surface area contributed by atoms with E-state index in [9.17, 15) is 9.59 Å². The van der Waals surface area contributed by atoms with Gasteiger partial charge in [0.2, 0.25) is 0 Å². The van der Waals surface area contributed by atoms with E-state index in [0.29, 0.717) is 17.8 Å². The van der Waals surface area contributed by atoms with Gasteiger partial charge in [0.1, 0.15) is 0 Å². The SMILES string of the molecule is C=C(CC)CN1C(=O)C(=O)c2ccccc21. The zero-order valence-electron chi connectivity index (χ0n) is 9.19. The molecule has 0 N–H and O–H groups in total. The number of nitrogens with zero attached hydrogens (tertiary/aromatic N) is 1. The zero-order valence-corrected chi connectivity index (χ0v) is 9.19. The van der Waals surface area contributed by atoms with Crippen LogP contribution in [0.5, 0.6) is 0 Å². The highest BCUT2D eigenvalue weighted by Gasteiger charge is 2.35. The largest absolute Gasteiger partial charge is 0.301 e. The minimum atomic E-state index is -0.448. The van der Waals surface area contributed by atoms with Crippen LogP contribution < -0.4 is 4.90 Å². The van der Waals surface area contributed by atoms with Crippen molar-refractivity contribution in [1.82, 2.24) is 0 Å². The second-order valence-corrected chi connectivity index (χ2v) is 3.84. The Hall–Kier alpha value is -1.90. The number of para-hydroxylation sites is 1. The van der Waals surface area contributed by atoms with Crippen LogP contribution in [0.25, 0.3) is 0 Å². The van der Waals surface area contributed by atoms with Crippen molar-refractivity contribution in [2.75, 3.05) is 11.4 Å². The lowest BCUT2D eigenvalue weighted by atomic mass is 10.1. The molecular formula is C13H13NO2. The summed E-state index contributed by atoms with van der Waals surface area (Å²) in [6, 6.07) is 7.07. The molecule has 3 heteroatoms. The van der Waals surface area contributed by atoms with E-state index in [0.717, 1.165) is 12.0 Å². The summed E-state index contributed by atoms with van der Waals surface area (Å²) in [5.74, 6) is -0.865. The topological polar surface area (TPSA) is 37.4 Å². The summed E-state index contributed by atoms with van der Waals surface area (Å²) < 4.78 is 0. The van der Waals surface area contributed by atoms with Crippen molar-refractivity contribution in [2.24, 2.45) is 0 Å². The molecule has 1 amide bonds. The van der Waals surface area contributed by atoms with E-state index in [1.807, 2.05) is 13.0 Å². The summed E-state index contributed by atoms with van der Waals surface area (Å²) in [5.41, 5.74) is 2.14. The molecule has 16 heavy (non-hydrogen) atoms. The summed E-state index contributed by atoms with van der Waals surface area (Å²) >= 11 is 0. The van der Waals surface area contributed by atoms with Gasteiger partial charge in [-0.05, 0) is 18.6 Å². The van der Waals surface area contributed by atoms with Crippen LogP contribution in [0, 0.1) is 0 Å². The molecule has 0 saturated heterocycles. The fraction of sp³-hybridized carbons (Fsp3) is 0.231. The molecule has 0 aliphatic carbocycles. The molecule has 1 aromatic rings. The number of fused-ring (bicyclic) bond motifs is 1. The standard InChI is InChI=1S/C13H13NO2/c1-3-9(2)8-14-11-7-5-4-6-10(11)12(15)13(14)16/h4-7H,2-3,8H2,1H3. The van der Waals surface area contributed by atoms with Crippen LogP contribution in [0.4, 0.5) is 5.69 Å². The average molecular weight is 215 g/mol. The number of anilines is 1. The Morgan fingerprint density at radius 1 is 1.31 bits per heavy atom. The zero-order chi connectivity index (χ0) is 11.7. The van der Waals surface area contributed by atoms with E-state index >= 15 is 0 Å². The third kappa shape index (κ3) is 1.54. The van der Waals surface area contributed by atoms with Gasteiger partial charge in [0.25, 0.3) is 11.7 Å². The third-order valence-electron chi connectivity index (χ3n) is 2.76. The molecule has 0 fully saturated rings. The Balaban J connectivity index is 2.37. The molecule has 1 aliphatic rings. The predicted octanol–water partition coefficient (Wildman–Crippen LogP) is 2.18. The maximum absolute atomic E-state index is 11.7. The molecular weight excluding hydrogens is 202 g/mol. The number of ketones is 1. The molecule has 0 radical (unpaired) electrons. The molecule has 0 atom stereocenters. The second kappa shape index (κ2) is 3.93. The van der Waals surface area contributed by atoms with Gasteiger partial charge in [-0.15, -0.1) is 0 Å². The highest BCUT2D eigenvalue weighted by Crippen LogP contribution is 2.29. The van der Waals surface area contributed by atoms with Crippen LogP contribution >= 0.6 is 0 Å². The first-order valence-corrected chi connectivity index (χ1v) is 5.27. The quantitative estimate of drug-likeness (QED) is 0.572. The lowest BCUT2D eigenvalue weighted by molar-refractivity contribution is -0.114. The van der Waals surface area contributed by atoms with E-state index < -0.39 is 11.7 Å². The van der Waals surface area contributed by atoms with Crippen LogP contribution in [-0.4, -0.2) is 18.2 Å². The summed E-state index contributed by atoms with van der Waals surface area (Å²) in [6.07, 6.45) is 0.806. The molecule has 1 aliphatic heterocycles. The van der Waals surface area contributed by atoms with E-state index in [1.165, 1.54) is 4.90 Å². The van der Waals surface area contributed by atoms with Crippen molar-refractivity contribution in [1.29, 1.82) is 0 Å². The van der Waals surface area contributed by atoms with E-state index in [2.05, 4.69) is 6.58 Å². The minimum Gasteiger partial charge on any atom is -0.301 e. The predicted molar refractivity (Wildman–Crippen MR) is 62.6 cm³/mol. The summed E-state index contributed by atoms with van der Waals surface area (Å²) in [5, 5.41) is 0. The Kier molecular flexibility index (Phi) is 2.60. The van der Waals surface area contributed by atoms with Gasteiger partial charge in [-0.3, -0.25) is 9.59 Å². The Morgan fingerprint density at radius 2 is 2.00 bits per heavy atom. The van der Waals surface area contributed by atoms with Gasteiger partial charge in [0, 0.05) is 6.54 Å². The fourth-order valence-corrected chi connectivity index (χ4v) is 1.74. The molecule has 0 bridgehead atoms. The number of hydrogen-bond donors (Lipinski definition) is 0. The minimum absolute atomic E-state index is 0.417. The molecule has 0 saturated carbocycles. The monoisotopic (exact) mass is 215 g/mol. The molecule has 1 aromatic carbocycles. The van der Waals surface area contributed by atoms with Gasteiger partial charge < -0.3 is 4.90 Å². The van der Waals surface area contributed by atoms with Crippen molar-refractivity contribution >= 4 is 17.4 Å². The van der Waals surface area contributed by atoms with Gasteiger partial charge in [0.15, 0.2) is 0 Å². The molecule has 0 unspecified atom stereocenters. The fourth-order valence-electron chi connectivity index (χ4n) is 1.74. The lowest BCUT2D eigenvalue weighted by Crippen LogP contribution is -2.31. The Bertz CT molecular complexity index is 477. The van der Waals surface area contributed by atoms with Crippen LogP contribution in [0.15, 0.2) is 36.4 Å². The van der Waals surface area contributed by atoms with Crippen molar-refractivity contribution < 1.29 is 9.59 Å². The smallest absolute Gasteiger partial charge is 0.299 e. The number of carbonyl (C=O) groups excluding carboxylic acids is 2. The number of benzene rings is 1. The van der Waals surface area contributed by atoms with Gasteiger partial charge in [-0.25, -0.2) is 0 Å². The van der Waals surface area contributed by atoms with Gasteiger partial charge in [0.05, 0.1) is 11.3 Å². The molecule has 0 aromatic heterocycles. The van der Waals surface area contributed by atoms with E-state index in [-0.39, 0.29) is 0 Å². The first-order chi connectivity index (χ1) is 7.65. The number of carbonyl (C=O) groups is 2. The van der Waals surface area contributed by atoms with Crippen LogP contribution in [0.1, 0.15) is 23.7 Å². The molecule has 3 nitrogen and oxygen atoms in total. The van der Waals surface area contributed by atoms with Gasteiger partial charge in [-0.2, -0.15) is 0 Å². The third-order valence-corrected chi connectivity index (χ3v) is 2.76. The van der Waals surface area contributed by atoms with Crippen molar-refractivity contribution in [2.45, 2.75) is 13.3 Å². The van der Waals surface area contributed by atoms with Crippen LogP contribution in [-0.2, 0) is 4.79 Å². The molecule has 2 rings (SSSR count). The highest BCUT2D eigenvalue weighted by atomic mass is 16.2. The van der Waals surface area contributed by atoms with Crippen LogP contribution in [0.2, 0.25) is 0 Å². The van der Waals surface area contributed by atoms with Gasteiger partial charge >= 0.3 is 0 Å². The molecule has 82 valence electrons. The van der Waals surface area contributed by atoms with E-state index in [4.69, 9.17) is 0 Å². The average Bonchev–Trinajstić information content (AvgIpc) is 2.55. The summed E-state index contributed by atoms with van der Waals surface area (Å²) in [4.78, 5) is 24.9. The Morgan fingerprint density at radius 3 is 2.69 bits per heavy atom. The maximum Gasteiger partial charge on any atom is 0.299 e. The van der Waals surface area contributed by atoms with Crippen molar-refractivity contribution in [3.63, 3.8) is 0 Å². The number of rotatable bonds is 3. The number of amides is 1. The molecule has 0 spiro atoms. The maximum atomic E-state index is 11.7.